The van der Waals surface area contributed by atoms with Crippen molar-refractivity contribution in [2.75, 3.05) is 13.2 Å². The quantitative estimate of drug-likeness (QED) is 0.558. The van der Waals surface area contributed by atoms with Crippen molar-refractivity contribution < 1.29 is 19.1 Å². The van der Waals surface area contributed by atoms with Crippen LogP contribution < -0.4 is 14.8 Å². The normalized spacial score (nSPS) is 15.1. The van der Waals surface area contributed by atoms with Crippen LogP contribution in [0.4, 0.5) is 0 Å². The van der Waals surface area contributed by atoms with Gasteiger partial charge in [0.05, 0.1) is 16.0 Å². The Bertz CT molecular complexity index is 774. The first-order valence-corrected chi connectivity index (χ1v) is 9.05. The zero-order valence-corrected chi connectivity index (χ0v) is 16.2. The van der Waals surface area contributed by atoms with E-state index in [2.05, 4.69) is 32.8 Å². The molecule has 1 heterocycles. The van der Waals surface area contributed by atoms with Gasteiger partial charge in [-0.3, -0.25) is 9.59 Å². The lowest BCUT2D eigenvalue weighted by Gasteiger charge is -2.13. The van der Waals surface area contributed by atoms with Crippen LogP contribution in [-0.4, -0.2) is 30.2 Å². The van der Waals surface area contributed by atoms with Gasteiger partial charge in [0.2, 0.25) is 5.91 Å². The Balaban J connectivity index is 2.29. The van der Waals surface area contributed by atoms with Gasteiger partial charge in [-0.15, -0.1) is 0 Å². The Morgan fingerprint density at radius 1 is 1.44 bits per heavy atom. The molecule has 25 heavy (non-hydrogen) atoms. The van der Waals surface area contributed by atoms with Gasteiger partial charge in [0.1, 0.15) is 6.61 Å². The van der Waals surface area contributed by atoms with E-state index in [0.717, 1.165) is 17.3 Å². The van der Waals surface area contributed by atoms with E-state index in [0.29, 0.717) is 34.1 Å². The molecule has 1 N–H and O–H groups in total. The number of amidine groups is 1. The van der Waals surface area contributed by atoms with E-state index in [4.69, 9.17) is 9.47 Å². The van der Waals surface area contributed by atoms with E-state index in [1.54, 1.807) is 18.2 Å². The minimum Gasteiger partial charge on any atom is -0.490 e. The lowest BCUT2D eigenvalue weighted by molar-refractivity contribution is -0.117. The summed E-state index contributed by atoms with van der Waals surface area (Å²) in [5.74, 6) is 0.466. The maximum Gasteiger partial charge on any atom is 0.286 e. The van der Waals surface area contributed by atoms with Crippen LogP contribution in [-0.2, 0) is 9.59 Å². The highest BCUT2D eigenvalue weighted by molar-refractivity contribution is 9.10. The van der Waals surface area contributed by atoms with Crippen LogP contribution in [0.5, 0.6) is 11.5 Å². The number of carbonyl (C=O) groups excluding carboxylic acids is 2. The first-order valence-electron chi connectivity index (χ1n) is 7.44. The van der Waals surface area contributed by atoms with E-state index >= 15 is 0 Å². The minimum absolute atomic E-state index is 0.273. The third kappa shape index (κ3) is 5.20. The fourth-order valence-corrected chi connectivity index (χ4v) is 3.41. The zero-order valence-electron chi connectivity index (χ0n) is 13.8. The van der Waals surface area contributed by atoms with Gasteiger partial charge < -0.3 is 14.8 Å². The molecule has 2 rings (SSSR count). The molecular weight excluding hydrogens is 408 g/mol. The van der Waals surface area contributed by atoms with Gasteiger partial charge in [-0.1, -0.05) is 12.7 Å². The first-order chi connectivity index (χ1) is 11.9. The predicted molar refractivity (Wildman–Crippen MR) is 103 cm³/mol. The van der Waals surface area contributed by atoms with Crippen LogP contribution in [0.2, 0.25) is 0 Å². The molecule has 0 spiro atoms. The summed E-state index contributed by atoms with van der Waals surface area (Å²) in [4.78, 5) is 27.3. The van der Waals surface area contributed by atoms with Gasteiger partial charge in [-0.2, -0.15) is 4.99 Å². The summed E-state index contributed by atoms with van der Waals surface area (Å²) < 4.78 is 11.9. The van der Waals surface area contributed by atoms with Gasteiger partial charge in [0.15, 0.2) is 16.7 Å². The molecule has 1 aliphatic heterocycles. The smallest absolute Gasteiger partial charge is 0.286 e. The van der Waals surface area contributed by atoms with Crippen molar-refractivity contribution in [1.29, 1.82) is 0 Å². The van der Waals surface area contributed by atoms with Gasteiger partial charge in [-0.05, 0) is 58.4 Å². The van der Waals surface area contributed by atoms with Crippen molar-refractivity contribution in [2.45, 2.75) is 13.8 Å². The summed E-state index contributed by atoms with van der Waals surface area (Å²) in [5.41, 5.74) is 0.747. The Morgan fingerprint density at radius 3 is 2.84 bits per heavy atom. The first kappa shape index (κ1) is 19.3. The lowest BCUT2D eigenvalue weighted by Crippen LogP contribution is -2.23. The highest BCUT2D eigenvalue weighted by Gasteiger charge is 2.23. The average Bonchev–Trinajstić information content (AvgIpc) is 2.85. The number of carbonyl (C=O) groups is 2. The maximum absolute atomic E-state index is 12.0. The van der Waals surface area contributed by atoms with Crippen LogP contribution in [0.15, 0.2) is 39.2 Å². The molecule has 0 fully saturated rings. The molecule has 6 nitrogen and oxygen atoms in total. The van der Waals surface area contributed by atoms with Gasteiger partial charge in [-0.25, -0.2) is 0 Å². The molecule has 0 bridgehead atoms. The summed E-state index contributed by atoms with van der Waals surface area (Å²) in [6.45, 7) is 7.69. The minimum atomic E-state index is -0.394. The fraction of sp³-hybridized carbons (Fsp3) is 0.235. The summed E-state index contributed by atoms with van der Waals surface area (Å²) >= 11 is 4.58. The molecule has 1 aliphatic rings. The number of benzene rings is 1. The SMILES string of the molecule is C=CCOc1c(Br)cc(C=C2SC(NC(C)=O)=NC2=O)cc1OCC. The van der Waals surface area contributed by atoms with Crippen LogP contribution in [0.1, 0.15) is 19.4 Å². The van der Waals surface area contributed by atoms with E-state index < -0.39 is 5.91 Å². The summed E-state index contributed by atoms with van der Waals surface area (Å²) in [6, 6.07) is 3.60. The third-order valence-corrected chi connectivity index (χ3v) is 4.37. The van der Waals surface area contributed by atoms with Gasteiger partial charge in [0.25, 0.3) is 5.91 Å². The topological polar surface area (TPSA) is 77.0 Å². The predicted octanol–water partition coefficient (Wildman–Crippen LogP) is 3.52. The highest BCUT2D eigenvalue weighted by Crippen LogP contribution is 2.38. The summed E-state index contributed by atoms with van der Waals surface area (Å²) in [7, 11) is 0. The average molecular weight is 425 g/mol. The Morgan fingerprint density at radius 2 is 2.20 bits per heavy atom. The number of nitrogens with zero attached hydrogens (tertiary/aromatic N) is 1. The molecule has 1 aromatic carbocycles. The van der Waals surface area contributed by atoms with Crippen molar-refractivity contribution in [3.8, 4) is 11.5 Å². The Hall–Kier alpha value is -2.06. The van der Waals surface area contributed by atoms with E-state index in [9.17, 15) is 9.59 Å². The second-order valence-corrected chi connectivity index (χ2v) is 6.76. The molecule has 2 amide bonds. The number of amides is 2. The van der Waals surface area contributed by atoms with Crippen LogP contribution >= 0.6 is 27.7 Å². The molecular formula is C17H17BrN2O4S. The van der Waals surface area contributed by atoms with Crippen molar-refractivity contribution in [3.63, 3.8) is 0 Å². The van der Waals surface area contributed by atoms with Gasteiger partial charge in [0, 0.05) is 6.92 Å². The molecule has 0 radical (unpaired) electrons. The zero-order chi connectivity index (χ0) is 18.4. The number of ether oxygens (including phenoxy) is 2. The van der Waals surface area contributed by atoms with Crippen molar-refractivity contribution >= 4 is 50.7 Å². The number of aliphatic imine (C=N–C) groups is 1. The lowest BCUT2D eigenvalue weighted by atomic mass is 10.2. The molecule has 0 unspecified atom stereocenters. The number of halogens is 1. The van der Waals surface area contributed by atoms with E-state index in [1.807, 2.05) is 13.0 Å². The van der Waals surface area contributed by atoms with Crippen molar-refractivity contribution in [3.05, 3.63) is 39.7 Å². The number of hydrogen-bond donors (Lipinski definition) is 1. The highest BCUT2D eigenvalue weighted by atomic mass is 79.9. The second-order valence-electron chi connectivity index (χ2n) is 4.88. The number of thioether (sulfide) groups is 1. The van der Waals surface area contributed by atoms with E-state index in [-0.39, 0.29) is 11.1 Å². The molecule has 0 aliphatic carbocycles. The van der Waals surface area contributed by atoms with Crippen LogP contribution in [0.3, 0.4) is 0 Å². The third-order valence-electron chi connectivity index (χ3n) is 2.88. The van der Waals surface area contributed by atoms with E-state index in [1.165, 1.54) is 6.92 Å². The number of hydrogen-bond acceptors (Lipinski definition) is 5. The molecule has 8 heteroatoms. The maximum atomic E-state index is 12.0. The Labute approximate surface area is 158 Å². The van der Waals surface area contributed by atoms with Crippen LogP contribution in [0, 0.1) is 0 Å². The van der Waals surface area contributed by atoms with Crippen molar-refractivity contribution in [2.24, 2.45) is 4.99 Å². The second kappa shape index (κ2) is 8.87. The molecule has 0 atom stereocenters. The van der Waals surface area contributed by atoms with Crippen LogP contribution in [0.25, 0.3) is 6.08 Å². The summed E-state index contributed by atoms with van der Waals surface area (Å²) in [5, 5.41) is 2.79. The number of nitrogens with one attached hydrogen (secondary N) is 1. The monoisotopic (exact) mass is 424 g/mol. The largest absolute Gasteiger partial charge is 0.490 e. The van der Waals surface area contributed by atoms with Crippen molar-refractivity contribution in [1.82, 2.24) is 5.32 Å². The fourth-order valence-electron chi connectivity index (χ4n) is 1.98. The Kier molecular flexibility index (Phi) is 6.83. The molecule has 132 valence electrons. The summed E-state index contributed by atoms with van der Waals surface area (Å²) in [6.07, 6.45) is 3.34. The standard InChI is InChI=1S/C17H17BrN2O4S/c1-4-6-24-15-12(18)7-11(8-13(15)23-5-2)9-14-16(22)20-17(25-14)19-10(3)21/h4,7-9H,1,5-6H2,2-3H3,(H,19,20,21,22). The van der Waals surface area contributed by atoms with Gasteiger partial charge >= 0.3 is 0 Å². The molecule has 1 aromatic rings. The molecule has 0 saturated carbocycles. The number of rotatable bonds is 6. The molecule has 0 saturated heterocycles. The molecule has 0 aromatic heterocycles.